The first kappa shape index (κ1) is 20.7. The topological polar surface area (TPSA) is 40.6 Å². The Kier molecular flexibility index (Phi) is 5.31. The number of halogens is 2. The van der Waals surface area contributed by atoms with Crippen LogP contribution in [-0.2, 0) is 0 Å². The second-order valence-electron chi connectivity index (χ2n) is 7.86. The molecule has 4 nitrogen and oxygen atoms in total. The van der Waals surface area contributed by atoms with Crippen molar-refractivity contribution in [3.8, 4) is 0 Å². The molecule has 1 aliphatic heterocycles. The van der Waals surface area contributed by atoms with E-state index in [0.717, 1.165) is 0 Å². The number of hydrogen-bond donors (Lipinski definition) is 0. The molecule has 0 unspecified atom stereocenters. The van der Waals surface area contributed by atoms with E-state index in [1.165, 1.54) is 12.1 Å². The van der Waals surface area contributed by atoms with Crippen molar-refractivity contribution in [2.24, 2.45) is 0 Å². The van der Waals surface area contributed by atoms with Crippen LogP contribution in [0.3, 0.4) is 0 Å². The highest BCUT2D eigenvalue weighted by atomic mass is 19.1. The van der Waals surface area contributed by atoms with Crippen LogP contribution in [-0.4, -0.2) is 24.4 Å². The van der Waals surface area contributed by atoms with Crippen LogP contribution in [0.4, 0.5) is 20.2 Å². The van der Waals surface area contributed by atoms with Crippen molar-refractivity contribution in [1.29, 1.82) is 0 Å². The highest BCUT2D eigenvalue weighted by Gasteiger charge is 2.35. The molecule has 1 heterocycles. The third-order valence-corrected chi connectivity index (χ3v) is 5.62. The first-order valence-electron chi connectivity index (χ1n) is 10.0. The number of nitrogens with zero attached hydrogens (tertiary/aromatic N) is 2. The summed E-state index contributed by atoms with van der Waals surface area (Å²) in [5.41, 5.74) is 2.51. The van der Waals surface area contributed by atoms with E-state index in [1.807, 2.05) is 6.92 Å². The summed E-state index contributed by atoms with van der Waals surface area (Å²) in [5, 5.41) is 0. The van der Waals surface area contributed by atoms with Crippen molar-refractivity contribution in [3.63, 3.8) is 0 Å². The van der Waals surface area contributed by atoms with E-state index in [9.17, 15) is 18.4 Å². The quantitative estimate of drug-likeness (QED) is 0.566. The molecule has 0 radical (unpaired) electrons. The van der Waals surface area contributed by atoms with Gasteiger partial charge in [-0.15, -0.1) is 0 Å². The van der Waals surface area contributed by atoms with Crippen LogP contribution in [0, 0.1) is 25.5 Å². The number of anilines is 2. The van der Waals surface area contributed by atoms with Crippen LogP contribution in [0.25, 0.3) is 0 Å². The van der Waals surface area contributed by atoms with E-state index in [1.54, 1.807) is 72.2 Å². The maximum Gasteiger partial charge on any atom is 0.258 e. The molecule has 31 heavy (non-hydrogen) atoms. The summed E-state index contributed by atoms with van der Waals surface area (Å²) in [5.74, 6) is -1.57. The lowest BCUT2D eigenvalue weighted by molar-refractivity contribution is 0.0952. The maximum absolute atomic E-state index is 14.1. The van der Waals surface area contributed by atoms with Crippen molar-refractivity contribution in [3.05, 3.63) is 94.6 Å². The average molecular weight is 420 g/mol. The molecule has 3 aromatic carbocycles. The second kappa shape index (κ2) is 7.95. The van der Waals surface area contributed by atoms with Crippen molar-refractivity contribution < 1.29 is 18.4 Å². The minimum atomic E-state index is -0.443. The molecule has 0 saturated heterocycles. The third kappa shape index (κ3) is 3.69. The largest absolute Gasteiger partial charge is 0.304 e. The number of rotatable bonds is 2. The molecule has 0 aliphatic carbocycles. The van der Waals surface area contributed by atoms with Crippen LogP contribution in [0.2, 0.25) is 0 Å². The van der Waals surface area contributed by atoms with Crippen molar-refractivity contribution >= 4 is 23.2 Å². The van der Waals surface area contributed by atoms with Gasteiger partial charge in [-0.2, -0.15) is 0 Å². The number of aryl methyl sites for hydroxylation is 2. The maximum atomic E-state index is 14.1. The molecule has 0 aromatic heterocycles. The molecule has 6 heteroatoms. The highest BCUT2D eigenvalue weighted by molar-refractivity contribution is 6.13. The van der Waals surface area contributed by atoms with Crippen molar-refractivity contribution in [2.45, 2.75) is 26.8 Å². The molecule has 1 atom stereocenters. The lowest BCUT2D eigenvalue weighted by Gasteiger charge is -2.41. The lowest BCUT2D eigenvalue weighted by atomic mass is 10.0. The van der Waals surface area contributed by atoms with E-state index in [4.69, 9.17) is 0 Å². The van der Waals surface area contributed by atoms with E-state index >= 15 is 0 Å². The van der Waals surface area contributed by atoms with Gasteiger partial charge in [0.15, 0.2) is 0 Å². The molecule has 158 valence electrons. The minimum absolute atomic E-state index is 0.228. The standard InChI is InChI=1S/C25H22F2N2O2/c1-15-8-10-18(12-20(15)26)24(30)28-14-17(3)29(23-7-5-4-6-22(23)28)25(31)19-11-9-16(2)21(27)13-19/h4-13,17H,14H2,1-3H3/t17-/m0/s1. The summed E-state index contributed by atoms with van der Waals surface area (Å²) in [4.78, 5) is 29.6. The smallest absolute Gasteiger partial charge is 0.258 e. The summed E-state index contributed by atoms with van der Waals surface area (Å²) < 4.78 is 28.1. The third-order valence-electron chi connectivity index (χ3n) is 5.62. The van der Waals surface area contributed by atoms with Gasteiger partial charge < -0.3 is 9.80 Å². The van der Waals surface area contributed by atoms with Gasteiger partial charge in [-0.05, 0) is 68.3 Å². The number of carbonyl (C=O) groups is 2. The lowest BCUT2D eigenvalue weighted by Crippen LogP contribution is -2.52. The molecule has 1 aliphatic rings. The number of fused-ring (bicyclic) bond motifs is 1. The molecule has 0 spiro atoms. The molecule has 0 saturated carbocycles. The molecule has 2 amide bonds. The zero-order chi connectivity index (χ0) is 22.3. The summed E-state index contributed by atoms with van der Waals surface area (Å²) >= 11 is 0. The Morgan fingerprint density at radius 3 is 1.87 bits per heavy atom. The van der Waals surface area contributed by atoms with E-state index in [0.29, 0.717) is 22.5 Å². The fraction of sp³-hybridized carbons (Fsp3) is 0.200. The van der Waals surface area contributed by atoms with Gasteiger partial charge in [0, 0.05) is 17.7 Å². The predicted octanol–water partition coefficient (Wildman–Crippen LogP) is 5.28. The summed E-state index contributed by atoms with van der Waals surface area (Å²) in [6.45, 7) is 5.33. The fourth-order valence-corrected chi connectivity index (χ4v) is 3.83. The Bertz CT molecular complexity index is 1190. The first-order chi connectivity index (χ1) is 14.8. The molecular weight excluding hydrogens is 398 g/mol. The Morgan fingerprint density at radius 2 is 1.32 bits per heavy atom. The predicted molar refractivity (Wildman–Crippen MR) is 117 cm³/mol. The highest BCUT2D eigenvalue weighted by Crippen LogP contribution is 2.37. The monoisotopic (exact) mass is 420 g/mol. The Balaban J connectivity index is 1.73. The number of para-hydroxylation sites is 2. The molecule has 0 N–H and O–H groups in total. The fourth-order valence-electron chi connectivity index (χ4n) is 3.83. The van der Waals surface area contributed by atoms with Crippen LogP contribution in [0.1, 0.15) is 38.8 Å². The molecule has 0 fully saturated rings. The van der Waals surface area contributed by atoms with Gasteiger partial charge in [0.1, 0.15) is 11.6 Å². The van der Waals surface area contributed by atoms with Gasteiger partial charge >= 0.3 is 0 Å². The molecular formula is C25H22F2N2O2. The Labute approximate surface area is 179 Å². The normalized spacial score (nSPS) is 15.6. The number of amides is 2. The van der Waals surface area contributed by atoms with Gasteiger partial charge in [0.25, 0.3) is 11.8 Å². The van der Waals surface area contributed by atoms with Crippen LogP contribution in [0.5, 0.6) is 0 Å². The zero-order valence-corrected chi connectivity index (χ0v) is 17.5. The average Bonchev–Trinajstić information content (AvgIpc) is 2.76. The first-order valence-corrected chi connectivity index (χ1v) is 10.0. The molecule has 0 bridgehead atoms. The zero-order valence-electron chi connectivity index (χ0n) is 17.5. The second-order valence-corrected chi connectivity index (χ2v) is 7.86. The van der Waals surface area contributed by atoms with Gasteiger partial charge in [-0.3, -0.25) is 9.59 Å². The Morgan fingerprint density at radius 1 is 0.806 bits per heavy atom. The van der Waals surface area contributed by atoms with Crippen LogP contribution < -0.4 is 9.80 Å². The minimum Gasteiger partial charge on any atom is -0.304 e. The van der Waals surface area contributed by atoms with E-state index in [-0.39, 0.29) is 35.5 Å². The summed E-state index contributed by atoms with van der Waals surface area (Å²) in [6.07, 6.45) is 0. The summed E-state index contributed by atoms with van der Waals surface area (Å²) in [6, 6.07) is 15.5. The van der Waals surface area contributed by atoms with Crippen molar-refractivity contribution in [2.75, 3.05) is 16.3 Å². The number of hydrogen-bond acceptors (Lipinski definition) is 2. The van der Waals surface area contributed by atoms with E-state index in [2.05, 4.69) is 0 Å². The van der Waals surface area contributed by atoms with Crippen molar-refractivity contribution in [1.82, 2.24) is 0 Å². The van der Waals surface area contributed by atoms with Gasteiger partial charge in [-0.25, -0.2) is 8.78 Å². The summed E-state index contributed by atoms with van der Waals surface area (Å²) in [7, 11) is 0. The van der Waals surface area contributed by atoms with Gasteiger partial charge in [0.05, 0.1) is 17.4 Å². The van der Waals surface area contributed by atoms with Crippen LogP contribution in [0.15, 0.2) is 60.7 Å². The molecule has 3 aromatic rings. The Hall–Kier alpha value is -3.54. The van der Waals surface area contributed by atoms with Gasteiger partial charge in [0.2, 0.25) is 0 Å². The van der Waals surface area contributed by atoms with Crippen LogP contribution >= 0.6 is 0 Å². The van der Waals surface area contributed by atoms with E-state index < -0.39 is 11.6 Å². The number of carbonyl (C=O) groups excluding carboxylic acids is 2. The van der Waals surface area contributed by atoms with Gasteiger partial charge in [-0.1, -0.05) is 24.3 Å². The SMILES string of the molecule is Cc1ccc(C(=O)N2C[C@H](C)N(C(=O)c3ccc(C)c(F)c3)c3ccccc32)cc1F. The number of benzene rings is 3. The molecule has 4 rings (SSSR count).